The Morgan fingerprint density at radius 1 is 1.00 bits per heavy atom. The number of thioether (sulfide) groups is 1. The number of ketones is 1. The third-order valence-corrected chi connectivity index (χ3v) is 6.42. The smallest absolute Gasteiger partial charge is 0.255 e. The van der Waals surface area contributed by atoms with E-state index in [9.17, 15) is 9.59 Å². The third kappa shape index (κ3) is 8.07. The second-order valence-electron chi connectivity index (χ2n) is 7.38. The quantitative estimate of drug-likeness (QED) is 0.147. The Hall–Kier alpha value is -2.25. The number of pyridine rings is 1. The van der Waals surface area contributed by atoms with Crippen molar-refractivity contribution in [2.45, 2.75) is 50.1 Å². The number of H-pyrrole nitrogens is 1. The third-order valence-electron chi connectivity index (χ3n) is 4.92. The van der Waals surface area contributed by atoms with Crippen LogP contribution in [0.5, 0.6) is 0 Å². The lowest BCUT2D eigenvalue weighted by Gasteiger charge is -2.04. The molecule has 0 amide bonds. The predicted octanol–water partition coefficient (Wildman–Crippen LogP) is 5.83. The van der Waals surface area contributed by atoms with Crippen molar-refractivity contribution in [2.75, 3.05) is 5.75 Å². The number of rotatable bonds is 12. The highest BCUT2D eigenvalue weighted by molar-refractivity contribution is 9.10. The lowest BCUT2D eigenvalue weighted by atomic mass is 10.0. The molecule has 3 rings (SSSR count). The van der Waals surface area contributed by atoms with Crippen molar-refractivity contribution in [1.82, 2.24) is 15.0 Å². The second kappa shape index (κ2) is 12.6. The molecule has 31 heavy (non-hydrogen) atoms. The van der Waals surface area contributed by atoms with Crippen molar-refractivity contribution in [2.24, 2.45) is 0 Å². The molecule has 0 saturated heterocycles. The van der Waals surface area contributed by atoms with Crippen LogP contribution in [0.15, 0.2) is 69.4 Å². The van der Waals surface area contributed by atoms with Crippen molar-refractivity contribution in [3.05, 3.63) is 86.5 Å². The van der Waals surface area contributed by atoms with E-state index >= 15 is 0 Å². The number of hydrogen-bond acceptors (Lipinski definition) is 5. The number of unbranched alkanes of at least 4 members (excludes halogenated alkanes) is 4. The summed E-state index contributed by atoms with van der Waals surface area (Å²) in [6.07, 6.45) is 11.6. The zero-order chi connectivity index (χ0) is 21.9. The number of carbonyl (C=O) groups is 1. The number of hydrogen-bond donors (Lipinski definition) is 1. The first-order valence-corrected chi connectivity index (χ1v) is 12.3. The van der Waals surface area contributed by atoms with Crippen LogP contribution in [-0.4, -0.2) is 26.5 Å². The van der Waals surface area contributed by atoms with Crippen LogP contribution in [0, 0.1) is 0 Å². The molecule has 0 spiro atoms. The second-order valence-corrected chi connectivity index (χ2v) is 9.38. The topological polar surface area (TPSA) is 75.7 Å². The average molecular weight is 500 g/mol. The van der Waals surface area contributed by atoms with Crippen molar-refractivity contribution in [3.63, 3.8) is 0 Å². The maximum Gasteiger partial charge on any atom is 0.255 e. The van der Waals surface area contributed by atoms with Gasteiger partial charge in [-0.2, -0.15) is 0 Å². The van der Waals surface area contributed by atoms with E-state index in [0.29, 0.717) is 23.6 Å². The maximum absolute atomic E-state index is 12.3. The summed E-state index contributed by atoms with van der Waals surface area (Å²) in [7, 11) is 0. The van der Waals surface area contributed by atoms with Crippen molar-refractivity contribution in [1.29, 1.82) is 0 Å². The van der Waals surface area contributed by atoms with Crippen LogP contribution in [0.1, 0.15) is 60.0 Å². The molecule has 5 nitrogen and oxygen atoms in total. The van der Waals surface area contributed by atoms with Gasteiger partial charge in [-0.25, -0.2) is 4.98 Å². The van der Waals surface area contributed by atoms with Crippen LogP contribution in [0.4, 0.5) is 0 Å². The predicted molar refractivity (Wildman–Crippen MR) is 129 cm³/mol. The van der Waals surface area contributed by atoms with E-state index in [-0.39, 0.29) is 11.3 Å². The molecule has 0 bridgehead atoms. The molecule has 3 aromatic rings. The Bertz CT molecular complexity index is 1020. The number of aromatic amines is 1. The van der Waals surface area contributed by atoms with Gasteiger partial charge in [0.2, 0.25) is 0 Å². The summed E-state index contributed by atoms with van der Waals surface area (Å²) >= 11 is 4.97. The largest absolute Gasteiger partial charge is 0.301 e. The van der Waals surface area contributed by atoms with Crippen LogP contribution in [-0.2, 0) is 6.42 Å². The Kier molecular flexibility index (Phi) is 9.49. The van der Waals surface area contributed by atoms with Crippen molar-refractivity contribution < 1.29 is 4.79 Å². The molecule has 0 atom stereocenters. The molecule has 0 aliphatic rings. The molecule has 7 heteroatoms. The molecule has 1 aromatic carbocycles. The molecule has 0 aliphatic carbocycles. The Morgan fingerprint density at radius 2 is 1.77 bits per heavy atom. The molecule has 1 N–H and O–H groups in total. The van der Waals surface area contributed by atoms with E-state index in [2.05, 4.69) is 30.9 Å². The summed E-state index contributed by atoms with van der Waals surface area (Å²) in [5.74, 6) is 1.13. The van der Waals surface area contributed by atoms with E-state index in [1.54, 1.807) is 30.4 Å². The standard InChI is InChI=1S/C24H26BrN3O2S/c25-21-11-9-19(10-12-21)22(29)8-4-2-1-3-5-14-31-24-27-17-20(23(30)28-24)15-18-7-6-13-26-16-18/h6-7,9-13,16-17H,1-5,8,14-15H2,(H,27,28,30). The highest BCUT2D eigenvalue weighted by Crippen LogP contribution is 2.17. The van der Waals surface area contributed by atoms with E-state index in [4.69, 9.17) is 0 Å². The maximum atomic E-state index is 12.3. The fourth-order valence-corrected chi connectivity index (χ4v) is 4.29. The van der Waals surface area contributed by atoms with E-state index in [0.717, 1.165) is 53.5 Å². The van der Waals surface area contributed by atoms with Gasteiger partial charge in [-0.3, -0.25) is 14.6 Å². The van der Waals surface area contributed by atoms with Gasteiger partial charge in [0.1, 0.15) is 0 Å². The Morgan fingerprint density at radius 3 is 2.52 bits per heavy atom. The zero-order valence-corrected chi connectivity index (χ0v) is 19.8. The van der Waals surface area contributed by atoms with E-state index < -0.39 is 0 Å². The summed E-state index contributed by atoms with van der Waals surface area (Å²) in [6.45, 7) is 0. The van der Waals surface area contributed by atoms with Gasteiger partial charge < -0.3 is 4.98 Å². The SMILES string of the molecule is O=C(CCCCCCCSc1ncc(Cc2cccnc2)c(=O)[nH]1)c1ccc(Br)cc1. The molecule has 0 fully saturated rings. The van der Waals surface area contributed by atoms with Crippen LogP contribution < -0.4 is 5.56 Å². The zero-order valence-electron chi connectivity index (χ0n) is 17.4. The molecular weight excluding hydrogens is 474 g/mol. The minimum Gasteiger partial charge on any atom is -0.301 e. The summed E-state index contributed by atoms with van der Waals surface area (Å²) in [6, 6.07) is 11.4. The molecule has 2 heterocycles. The summed E-state index contributed by atoms with van der Waals surface area (Å²) in [5, 5.41) is 0.667. The summed E-state index contributed by atoms with van der Waals surface area (Å²) < 4.78 is 0.988. The molecule has 0 unspecified atom stereocenters. The van der Waals surface area contributed by atoms with Crippen LogP contribution in [0.3, 0.4) is 0 Å². The van der Waals surface area contributed by atoms with Gasteiger partial charge >= 0.3 is 0 Å². The van der Waals surface area contributed by atoms with Gasteiger partial charge in [0.05, 0.1) is 0 Å². The first-order chi connectivity index (χ1) is 15.1. The van der Waals surface area contributed by atoms with Gasteiger partial charge in [0.25, 0.3) is 5.56 Å². The minimum absolute atomic E-state index is 0.0863. The lowest BCUT2D eigenvalue weighted by molar-refractivity contribution is 0.0979. The molecule has 0 saturated carbocycles. The first kappa shape index (κ1) is 23.4. The fraction of sp³-hybridized carbons (Fsp3) is 0.333. The van der Waals surface area contributed by atoms with Gasteiger partial charge in [-0.05, 0) is 36.6 Å². The monoisotopic (exact) mass is 499 g/mol. The molecule has 0 radical (unpaired) electrons. The molecule has 2 aromatic heterocycles. The number of nitrogens with zero attached hydrogens (tertiary/aromatic N) is 2. The number of Topliss-reactive ketones (excluding diaryl/α,β-unsaturated/α-hetero) is 1. The van der Waals surface area contributed by atoms with Gasteiger partial charge in [-0.1, -0.05) is 65.2 Å². The highest BCUT2D eigenvalue weighted by atomic mass is 79.9. The number of halogens is 1. The number of aromatic nitrogens is 3. The van der Waals surface area contributed by atoms with Crippen molar-refractivity contribution in [3.8, 4) is 0 Å². The van der Waals surface area contributed by atoms with Gasteiger partial charge in [0.15, 0.2) is 10.9 Å². The highest BCUT2D eigenvalue weighted by Gasteiger charge is 2.06. The summed E-state index contributed by atoms with van der Waals surface area (Å²) in [4.78, 5) is 35.7. The average Bonchev–Trinajstić information content (AvgIpc) is 2.78. The molecular formula is C24H26BrN3O2S. The van der Waals surface area contributed by atoms with Crippen LogP contribution in [0.2, 0.25) is 0 Å². The van der Waals surface area contributed by atoms with E-state index in [1.807, 2.05) is 36.4 Å². The van der Waals surface area contributed by atoms with Crippen LogP contribution in [0.25, 0.3) is 0 Å². The molecule has 162 valence electrons. The number of nitrogens with one attached hydrogen (secondary N) is 1. The van der Waals surface area contributed by atoms with Crippen molar-refractivity contribution >= 4 is 33.5 Å². The summed E-state index contributed by atoms with van der Waals surface area (Å²) in [5.41, 5.74) is 2.34. The van der Waals surface area contributed by atoms with Gasteiger partial charge in [-0.15, -0.1) is 0 Å². The number of benzene rings is 1. The van der Waals surface area contributed by atoms with Crippen LogP contribution >= 0.6 is 27.7 Å². The molecule has 0 aliphatic heterocycles. The lowest BCUT2D eigenvalue weighted by Crippen LogP contribution is -2.14. The van der Waals surface area contributed by atoms with Gasteiger partial charge in [0, 0.05) is 52.8 Å². The fourth-order valence-electron chi connectivity index (χ4n) is 3.19. The first-order valence-electron chi connectivity index (χ1n) is 10.5. The van der Waals surface area contributed by atoms with E-state index in [1.165, 1.54) is 0 Å². The minimum atomic E-state index is -0.0863. The Labute approximate surface area is 195 Å². The normalized spacial score (nSPS) is 10.9. The number of carbonyl (C=O) groups excluding carboxylic acids is 1. The Balaban J connectivity index is 1.28.